The Hall–Kier alpha value is -0.860. The fourth-order valence-electron chi connectivity index (χ4n) is 2.28. The Morgan fingerprint density at radius 3 is 2.50 bits per heavy atom. The van der Waals surface area contributed by atoms with Crippen LogP contribution in [-0.4, -0.2) is 30.3 Å². The molecule has 2 rings (SSSR count). The van der Waals surface area contributed by atoms with Crippen molar-refractivity contribution in [1.29, 1.82) is 0 Å². The van der Waals surface area contributed by atoms with E-state index in [2.05, 4.69) is 11.8 Å². The molecule has 0 bridgehead atoms. The van der Waals surface area contributed by atoms with Gasteiger partial charge >= 0.3 is 0 Å². The lowest BCUT2D eigenvalue weighted by atomic mass is 9.85. The standard InChI is InChI=1S/C15H20ClNO/c1-2-17(10-12-4-3-5-12)11-15(18)13-6-8-14(16)9-7-13/h6-9,12H,2-5,10-11H2,1H3. The second-order valence-electron chi connectivity index (χ2n) is 5.05. The van der Waals surface area contributed by atoms with Crippen molar-refractivity contribution < 1.29 is 4.79 Å². The predicted molar refractivity (Wildman–Crippen MR) is 75.2 cm³/mol. The van der Waals surface area contributed by atoms with Crippen LogP contribution in [0.3, 0.4) is 0 Å². The smallest absolute Gasteiger partial charge is 0.176 e. The van der Waals surface area contributed by atoms with Gasteiger partial charge in [-0.3, -0.25) is 9.69 Å². The highest BCUT2D eigenvalue weighted by atomic mass is 35.5. The van der Waals surface area contributed by atoms with Gasteiger partial charge in [0.05, 0.1) is 6.54 Å². The van der Waals surface area contributed by atoms with Crippen LogP contribution >= 0.6 is 11.6 Å². The fourth-order valence-corrected chi connectivity index (χ4v) is 2.40. The van der Waals surface area contributed by atoms with Gasteiger partial charge in [0.1, 0.15) is 0 Å². The average Bonchev–Trinajstić information content (AvgIpc) is 2.32. The number of carbonyl (C=O) groups excluding carboxylic acids is 1. The molecule has 1 aliphatic rings. The molecule has 0 N–H and O–H groups in total. The summed E-state index contributed by atoms with van der Waals surface area (Å²) in [5.74, 6) is 0.996. The third-order valence-corrected chi connectivity index (χ3v) is 3.97. The van der Waals surface area contributed by atoms with Crippen molar-refractivity contribution in [3.05, 3.63) is 34.9 Å². The summed E-state index contributed by atoms with van der Waals surface area (Å²) in [6, 6.07) is 7.16. The maximum absolute atomic E-state index is 12.1. The summed E-state index contributed by atoms with van der Waals surface area (Å²) >= 11 is 5.82. The largest absolute Gasteiger partial charge is 0.296 e. The Kier molecular flexibility index (Phi) is 4.79. The number of nitrogens with zero attached hydrogens (tertiary/aromatic N) is 1. The predicted octanol–water partition coefficient (Wildman–Crippen LogP) is 3.64. The van der Waals surface area contributed by atoms with Crippen LogP contribution in [-0.2, 0) is 0 Å². The molecule has 2 nitrogen and oxygen atoms in total. The van der Waals surface area contributed by atoms with Crippen molar-refractivity contribution in [3.8, 4) is 0 Å². The number of rotatable bonds is 6. The van der Waals surface area contributed by atoms with E-state index in [9.17, 15) is 4.79 Å². The second kappa shape index (κ2) is 6.35. The van der Waals surface area contributed by atoms with Gasteiger partial charge in [-0.25, -0.2) is 0 Å². The summed E-state index contributed by atoms with van der Waals surface area (Å²) in [4.78, 5) is 14.4. The Labute approximate surface area is 114 Å². The van der Waals surface area contributed by atoms with Gasteiger partial charge in [-0.15, -0.1) is 0 Å². The van der Waals surface area contributed by atoms with Crippen LogP contribution < -0.4 is 0 Å². The van der Waals surface area contributed by atoms with E-state index < -0.39 is 0 Å². The average molecular weight is 266 g/mol. The van der Waals surface area contributed by atoms with E-state index in [1.165, 1.54) is 19.3 Å². The molecular weight excluding hydrogens is 246 g/mol. The highest BCUT2D eigenvalue weighted by Gasteiger charge is 2.21. The van der Waals surface area contributed by atoms with E-state index >= 15 is 0 Å². The number of hydrogen-bond acceptors (Lipinski definition) is 2. The van der Waals surface area contributed by atoms with Crippen molar-refractivity contribution in [2.75, 3.05) is 19.6 Å². The lowest BCUT2D eigenvalue weighted by Crippen LogP contribution is -2.36. The third kappa shape index (κ3) is 3.56. The molecule has 1 aromatic carbocycles. The van der Waals surface area contributed by atoms with Crippen molar-refractivity contribution in [2.24, 2.45) is 5.92 Å². The monoisotopic (exact) mass is 265 g/mol. The van der Waals surface area contributed by atoms with Crippen LogP contribution in [0.1, 0.15) is 36.5 Å². The van der Waals surface area contributed by atoms with Crippen LogP contribution in [0.25, 0.3) is 0 Å². The number of likely N-dealkylation sites (N-methyl/N-ethyl adjacent to an activating group) is 1. The first-order chi connectivity index (χ1) is 8.69. The molecule has 0 atom stereocenters. The van der Waals surface area contributed by atoms with Gasteiger partial charge in [0.2, 0.25) is 0 Å². The fraction of sp³-hybridized carbons (Fsp3) is 0.533. The molecule has 0 aliphatic heterocycles. The Bertz CT molecular complexity index is 397. The number of ketones is 1. The van der Waals surface area contributed by atoms with Crippen LogP contribution in [0.5, 0.6) is 0 Å². The van der Waals surface area contributed by atoms with E-state index in [0.717, 1.165) is 24.6 Å². The molecule has 3 heteroatoms. The molecule has 1 fully saturated rings. The first kappa shape index (κ1) is 13.6. The van der Waals surface area contributed by atoms with E-state index in [0.29, 0.717) is 11.6 Å². The van der Waals surface area contributed by atoms with E-state index in [1.807, 2.05) is 12.1 Å². The summed E-state index contributed by atoms with van der Waals surface area (Å²) in [5, 5.41) is 0.674. The summed E-state index contributed by atoms with van der Waals surface area (Å²) in [6.45, 7) is 4.65. The molecule has 0 saturated heterocycles. The first-order valence-electron chi connectivity index (χ1n) is 6.70. The van der Waals surface area contributed by atoms with Gasteiger partial charge in [0.15, 0.2) is 5.78 Å². The van der Waals surface area contributed by atoms with Crippen molar-refractivity contribution in [2.45, 2.75) is 26.2 Å². The van der Waals surface area contributed by atoms with Gasteiger partial charge < -0.3 is 0 Å². The van der Waals surface area contributed by atoms with E-state index in [1.54, 1.807) is 12.1 Å². The maximum Gasteiger partial charge on any atom is 0.176 e. The van der Waals surface area contributed by atoms with Crippen LogP contribution in [0, 0.1) is 5.92 Å². The number of benzene rings is 1. The number of hydrogen-bond donors (Lipinski definition) is 0. The second-order valence-corrected chi connectivity index (χ2v) is 5.49. The molecule has 1 saturated carbocycles. The number of carbonyl (C=O) groups is 1. The third-order valence-electron chi connectivity index (χ3n) is 3.72. The normalized spacial score (nSPS) is 15.7. The van der Waals surface area contributed by atoms with Crippen LogP contribution in [0.4, 0.5) is 0 Å². The van der Waals surface area contributed by atoms with Gasteiger partial charge in [0, 0.05) is 17.1 Å². The topological polar surface area (TPSA) is 20.3 Å². The van der Waals surface area contributed by atoms with Crippen LogP contribution in [0.15, 0.2) is 24.3 Å². The SMILES string of the molecule is CCN(CC(=O)c1ccc(Cl)cc1)CC1CCC1. The van der Waals surface area contributed by atoms with Crippen molar-refractivity contribution >= 4 is 17.4 Å². The molecule has 98 valence electrons. The van der Waals surface area contributed by atoms with Gasteiger partial charge in [-0.05, 0) is 49.6 Å². The molecule has 18 heavy (non-hydrogen) atoms. The Morgan fingerprint density at radius 2 is 2.00 bits per heavy atom. The highest BCUT2D eigenvalue weighted by molar-refractivity contribution is 6.30. The molecule has 1 aliphatic carbocycles. The zero-order valence-electron chi connectivity index (χ0n) is 10.9. The summed E-state index contributed by atoms with van der Waals surface area (Å²) in [7, 11) is 0. The first-order valence-corrected chi connectivity index (χ1v) is 7.08. The molecular formula is C15H20ClNO. The molecule has 1 aromatic rings. The van der Waals surface area contributed by atoms with E-state index in [-0.39, 0.29) is 5.78 Å². The Morgan fingerprint density at radius 1 is 1.33 bits per heavy atom. The minimum atomic E-state index is 0.188. The minimum Gasteiger partial charge on any atom is -0.296 e. The Balaban J connectivity index is 1.89. The van der Waals surface area contributed by atoms with Gasteiger partial charge in [-0.1, -0.05) is 24.9 Å². The summed E-state index contributed by atoms with van der Waals surface area (Å²) < 4.78 is 0. The lowest BCUT2D eigenvalue weighted by molar-refractivity contribution is 0.0905. The molecule has 0 radical (unpaired) electrons. The summed E-state index contributed by atoms with van der Waals surface area (Å²) in [6.07, 6.45) is 4.00. The van der Waals surface area contributed by atoms with Crippen LogP contribution in [0.2, 0.25) is 5.02 Å². The van der Waals surface area contributed by atoms with Gasteiger partial charge in [0.25, 0.3) is 0 Å². The highest BCUT2D eigenvalue weighted by Crippen LogP contribution is 2.27. The zero-order chi connectivity index (χ0) is 13.0. The zero-order valence-corrected chi connectivity index (χ0v) is 11.6. The summed E-state index contributed by atoms with van der Waals surface area (Å²) in [5.41, 5.74) is 0.756. The lowest BCUT2D eigenvalue weighted by Gasteiger charge is -2.31. The maximum atomic E-state index is 12.1. The quantitative estimate of drug-likeness (QED) is 0.732. The molecule has 0 unspecified atom stereocenters. The number of Topliss-reactive ketones (excluding diaryl/α,β-unsaturated/α-hetero) is 1. The van der Waals surface area contributed by atoms with Crippen molar-refractivity contribution in [1.82, 2.24) is 4.90 Å². The minimum absolute atomic E-state index is 0.188. The molecule has 0 amide bonds. The number of halogens is 1. The van der Waals surface area contributed by atoms with Crippen molar-refractivity contribution in [3.63, 3.8) is 0 Å². The molecule has 0 aromatic heterocycles. The molecule has 0 spiro atoms. The van der Waals surface area contributed by atoms with E-state index in [4.69, 9.17) is 11.6 Å². The van der Waals surface area contributed by atoms with Gasteiger partial charge in [-0.2, -0.15) is 0 Å². The molecule has 0 heterocycles.